The van der Waals surface area contributed by atoms with E-state index in [9.17, 15) is 0 Å². The molecule has 0 N–H and O–H groups in total. The van der Waals surface area contributed by atoms with Gasteiger partial charge >= 0.3 is 0 Å². The zero-order valence-corrected chi connectivity index (χ0v) is 36.9. The largest absolute Gasteiger partial charge is 0.310 e. The lowest BCUT2D eigenvalue weighted by molar-refractivity contribution is 0.840. The van der Waals surface area contributed by atoms with Crippen molar-refractivity contribution in [2.24, 2.45) is 0 Å². The van der Waals surface area contributed by atoms with Gasteiger partial charge in [-0.2, -0.15) is 0 Å². The van der Waals surface area contributed by atoms with Crippen LogP contribution in [0.3, 0.4) is 0 Å². The van der Waals surface area contributed by atoms with Gasteiger partial charge in [0.25, 0.3) is 0 Å². The zero-order valence-electron chi connectivity index (χ0n) is 36.9. The molecule has 1 heteroatoms. The molecule has 0 bridgehead atoms. The Balaban J connectivity index is 0.919. The minimum atomic E-state index is 1.12. The molecule has 1 aliphatic rings. The van der Waals surface area contributed by atoms with Gasteiger partial charge in [-0.1, -0.05) is 176 Å². The Morgan fingerprint density at radius 3 is 1.02 bits per heavy atom. The van der Waals surface area contributed by atoms with Crippen LogP contribution in [-0.4, -0.2) is 0 Å². The van der Waals surface area contributed by atoms with Gasteiger partial charge in [0.2, 0.25) is 0 Å². The van der Waals surface area contributed by atoms with Gasteiger partial charge in [-0.3, -0.25) is 0 Å². The Kier molecular flexibility index (Phi) is 10.6. The average molecular weight is 832 g/mol. The molecule has 65 heavy (non-hydrogen) atoms. The average Bonchev–Trinajstić information content (AvgIpc) is 3.36. The lowest BCUT2D eigenvalue weighted by Crippen LogP contribution is -2.10. The van der Waals surface area contributed by atoms with Gasteiger partial charge in [-0.25, -0.2) is 0 Å². The quantitative estimate of drug-likeness (QED) is 0.133. The smallest absolute Gasteiger partial charge is 0.0464 e. The van der Waals surface area contributed by atoms with Crippen LogP contribution in [0.5, 0.6) is 0 Å². The second-order valence-electron chi connectivity index (χ2n) is 17.4. The second kappa shape index (κ2) is 17.3. The maximum atomic E-state index is 2.38. The maximum Gasteiger partial charge on any atom is 0.0464 e. The summed E-state index contributed by atoms with van der Waals surface area (Å²) in [7, 11) is 0. The van der Waals surface area contributed by atoms with E-state index in [1.54, 1.807) is 0 Å². The standard InChI is InChI=1S/C64H49N/c1-44-16-33-64(38-45(44)2)65(62-34-29-50(30-35-62)47-12-7-4-8-13-47)63-36-31-51(32-37-63)49-19-23-54(24-20-49)60-41-59(53-21-17-48(18-22-53)46-10-5-3-6-11-46)42-61(43-60)56-15-9-14-55(39-56)58-28-26-52-25-27-57(52)40-58/h3-24,26,28-43H,25,27H2,1-2H3. The lowest BCUT2D eigenvalue weighted by Gasteiger charge is -2.26. The fraction of sp³-hybridized carbons (Fsp3) is 0.0625. The Morgan fingerprint density at radius 2 is 0.569 bits per heavy atom. The number of benzene rings is 10. The highest BCUT2D eigenvalue weighted by Gasteiger charge is 2.16. The molecular formula is C64H49N. The van der Waals surface area contributed by atoms with Crippen LogP contribution in [0.2, 0.25) is 0 Å². The number of fused-ring (bicyclic) bond motifs is 1. The topological polar surface area (TPSA) is 3.24 Å². The predicted octanol–water partition coefficient (Wildman–Crippen LogP) is 17.5. The summed E-state index contributed by atoms with van der Waals surface area (Å²) in [6, 6.07) is 87.0. The summed E-state index contributed by atoms with van der Waals surface area (Å²) < 4.78 is 0. The number of nitrogens with zero attached hydrogens (tertiary/aromatic N) is 1. The van der Waals surface area contributed by atoms with Crippen LogP contribution in [0.15, 0.2) is 237 Å². The number of hydrogen-bond acceptors (Lipinski definition) is 1. The van der Waals surface area contributed by atoms with Crippen LogP contribution in [0.25, 0.3) is 77.9 Å². The molecule has 1 aliphatic carbocycles. The van der Waals surface area contributed by atoms with E-state index in [1.165, 1.54) is 113 Å². The zero-order chi connectivity index (χ0) is 43.7. The fourth-order valence-electron chi connectivity index (χ4n) is 9.27. The van der Waals surface area contributed by atoms with Gasteiger partial charge in [-0.05, 0) is 187 Å². The van der Waals surface area contributed by atoms with E-state index in [0.717, 1.165) is 17.1 Å². The third-order valence-corrected chi connectivity index (χ3v) is 13.3. The Hall–Kier alpha value is -8.00. The molecule has 0 radical (unpaired) electrons. The van der Waals surface area contributed by atoms with Crippen LogP contribution >= 0.6 is 0 Å². The Morgan fingerprint density at radius 1 is 0.231 bits per heavy atom. The molecular weight excluding hydrogens is 783 g/mol. The summed E-state index contributed by atoms with van der Waals surface area (Å²) in [4.78, 5) is 2.36. The molecule has 11 rings (SSSR count). The van der Waals surface area contributed by atoms with Crippen molar-refractivity contribution < 1.29 is 0 Å². The van der Waals surface area contributed by atoms with Crippen molar-refractivity contribution in [3.05, 3.63) is 259 Å². The van der Waals surface area contributed by atoms with Crippen molar-refractivity contribution in [2.75, 3.05) is 4.90 Å². The highest BCUT2D eigenvalue weighted by atomic mass is 15.1. The summed E-state index contributed by atoms with van der Waals surface area (Å²) in [5.41, 5.74) is 25.9. The number of hydrogen-bond donors (Lipinski definition) is 0. The van der Waals surface area contributed by atoms with Gasteiger partial charge in [0.1, 0.15) is 0 Å². The minimum absolute atomic E-state index is 1.12. The first-order valence-electron chi connectivity index (χ1n) is 22.8. The van der Waals surface area contributed by atoms with Gasteiger partial charge in [0.05, 0.1) is 0 Å². The number of rotatable bonds is 10. The summed E-state index contributed by atoms with van der Waals surface area (Å²) in [5.74, 6) is 0. The fourth-order valence-corrected chi connectivity index (χ4v) is 9.27. The van der Waals surface area contributed by atoms with Crippen LogP contribution < -0.4 is 4.90 Å². The van der Waals surface area contributed by atoms with Crippen molar-refractivity contribution in [1.29, 1.82) is 0 Å². The van der Waals surface area contributed by atoms with Crippen LogP contribution in [-0.2, 0) is 12.8 Å². The molecule has 0 amide bonds. The first kappa shape index (κ1) is 39.8. The molecule has 0 heterocycles. The molecule has 0 aliphatic heterocycles. The van der Waals surface area contributed by atoms with E-state index < -0.39 is 0 Å². The molecule has 1 nitrogen and oxygen atoms in total. The number of aryl methyl sites for hydroxylation is 4. The molecule has 10 aromatic carbocycles. The summed E-state index contributed by atoms with van der Waals surface area (Å²) in [6.07, 6.45) is 2.38. The van der Waals surface area contributed by atoms with Crippen LogP contribution in [0.1, 0.15) is 22.3 Å². The summed E-state index contributed by atoms with van der Waals surface area (Å²) >= 11 is 0. The first-order valence-corrected chi connectivity index (χ1v) is 22.8. The van der Waals surface area contributed by atoms with Crippen molar-refractivity contribution in [3.8, 4) is 77.9 Å². The van der Waals surface area contributed by atoms with Gasteiger partial charge in [-0.15, -0.1) is 0 Å². The van der Waals surface area contributed by atoms with Crippen LogP contribution in [0.4, 0.5) is 17.1 Å². The number of anilines is 3. The van der Waals surface area contributed by atoms with Crippen molar-refractivity contribution >= 4 is 17.1 Å². The molecule has 0 spiro atoms. The Bertz CT molecular complexity index is 3270. The monoisotopic (exact) mass is 831 g/mol. The van der Waals surface area contributed by atoms with E-state index >= 15 is 0 Å². The molecule has 310 valence electrons. The van der Waals surface area contributed by atoms with Gasteiger partial charge < -0.3 is 4.90 Å². The van der Waals surface area contributed by atoms with E-state index in [2.05, 4.69) is 255 Å². The Labute approximate surface area is 383 Å². The highest BCUT2D eigenvalue weighted by Crippen LogP contribution is 2.40. The molecule has 0 atom stereocenters. The summed E-state index contributed by atoms with van der Waals surface area (Å²) in [6.45, 7) is 4.36. The van der Waals surface area contributed by atoms with E-state index in [1.807, 2.05) is 0 Å². The van der Waals surface area contributed by atoms with Crippen LogP contribution in [0, 0.1) is 13.8 Å². The third kappa shape index (κ3) is 8.21. The molecule has 10 aromatic rings. The van der Waals surface area contributed by atoms with E-state index in [-0.39, 0.29) is 0 Å². The predicted molar refractivity (Wildman–Crippen MR) is 276 cm³/mol. The minimum Gasteiger partial charge on any atom is -0.310 e. The van der Waals surface area contributed by atoms with Crippen molar-refractivity contribution in [1.82, 2.24) is 0 Å². The lowest BCUT2D eigenvalue weighted by atomic mass is 9.85. The molecule has 0 unspecified atom stereocenters. The molecule has 0 aromatic heterocycles. The molecule has 0 fully saturated rings. The highest BCUT2D eigenvalue weighted by molar-refractivity contribution is 5.85. The van der Waals surface area contributed by atoms with E-state index in [0.29, 0.717) is 0 Å². The van der Waals surface area contributed by atoms with Crippen molar-refractivity contribution in [3.63, 3.8) is 0 Å². The van der Waals surface area contributed by atoms with Gasteiger partial charge in [0, 0.05) is 17.1 Å². The second-order valence-corrected chi connectivity index (χ2v) is 17.4. The first-order chi connectivity index (χ1) is 32.0. The molecule has 0 saturated heterocycles. The molecule has 0 saturated carbocycles. The normalized spacial score (nSPS) is 11.7. The van der Waals surface area contributed by atoms with Crippen molar-refractivity contribution in [2.45, 2.75) is 26.7 Å². The third-order valence-electron chi connectivity index (χ3n) is 13.3. The maximum absolute atomic E-state index is 2.38. The summed E-state index contributed by atoms with van der Waals surface area (Å²) in [5, 5.41) is 0. The van der Waals surface area contributed by atoms with E-state index in [4.69, 9.17) is 0 Å². The SMILES string of the molecule is Cc1ccc(N(c2ccc(-c3ccccc3)cc2)c2ccc(-c3ccc(-c4cc(-c5ccc(-c6ccccc6)cc5)cc(-c5cccc(-c6ccc7c(c6)CC7)c5)c4)cc3)cc2)cc1C. The van der Waals surface area contributed by atoms with Gasteiger partial charge in [0.15, 0.2) is 0 Å².